The number of fused-ring (bicyclic) bond motifs is 2. The summed E-state index contributed by atoms with van der Waals surface area (Å²) in [7, 11) is 0. The highest BCUT2D eigenvalue weighted by atomic mass is 32.2. The second kappa shape index (κ2) is 10.3. The predicted molar refractivity (Wildman–Crippen MR) is 135 cm³/mol. The number of H-pyrrole nitrogens is 1. The van der Waals surface area contributed by atoms with E-state index in [2.05, 4.69) is 15.6 Å². The third kappa shape index (κ3) is 4.52. The van der Waals surface area contributed by atoms with Crippen LogP contribution < -0.4 is 10.6 Å². The number of likely N-dealkylation sites (tertiary alicyclic amines) is 1. The van der Waals surface area contributed by atoms with Crippen LogP contribution in [0.4, 0.5) is 0 Å². The van der Waals surface area contributed by atoms with Gasteiger partial charge in [-0.2, -0.15) is 0 Å². The van der Waals surface area contributed by atoms with Crippen molar-refractivity contribution in [1.29, 1.82) is 0 Å². The zero-order valence-corrected chi connectivity index (χ0v) is 21.1. The van der Waals surface area contributed by atoms with Crippen molar-refractivity contribution in [2.75, 3.05) is 26.0 Å². The average Bonchev–Trinajstić information content (AvgIpc) is 3.66. The van der Waals surface area contributed by atoms with Crippen molar-refractivity contribution in [3.63, 3.8) is 0 Å². The second-order valence-corrected chi connectivity index (χ2v) is 10.9. The van der Waals surface area contributed by atoms with E-state index in [0.29, 0.717) is 25.2 Å². The Balaban J connectivity index is 1.39. The van der Waals surface area contributed by atoms with E-state index in [1.165, 1.54) is 0 Å². The smallest absolute Gasteiger partial charge is 0.271 e. The summed E-state index contributed by atoms with van der Waals surface area (Å²) in [5.41, 5.74) is 1.31. The maximum atomic E-state index is 13.7. The number of aliphatic hydroxyl groups is 1. The number of thioether (sulfide) groups is 1. The van der Waals surface area contributed by atoms with E-state index in [9.17, 15) is 24.3 Å². The van der Waals surface area contributed by atoms with E-state index in [1.54, 1.807) is 16.7 Å². The molecule has 1 unspecified atom stereocenters. The Hall–Kier alpha value is -2.85. The van der Waals surface area contributed by atoms with Gasteiger partial charge in [0, 0.05) is 34.8 Å². The summed E-state index contributed by atoms with van der Waals surface area (Å²) in [6.07, 6.45) is 5.53. The fourth-order valence-corrected chi connectivity index (χ4v) is 6.82. The van der Waals surface area contributed by atoms with Crippen LogP contribution in [0.5, 0.6) is 0 Å². The maximum Gasteiger partial charge on any atom is 0.271 e. The molecule has 1 aromatic carbocycles. The molecule has 5 atom stereocenters. The standard InChI is InChI=1S/C26H32N4O5S/c1-36-22-7-3-6-18-17(22)11-20(28-18)26(35)30-12-15-4-2-5-16(15)23(30)25(34)29-19(21(32)13-31)10-14-8-9-27-24(14)33/h3,6-7,11,14-16,19,23,28,31H,2,4-5,8-10,12-13H2,1H3,(H,27,33)(H,29,34)/t14?,15-,16-,19-,23-/m0/s1. The molecule has 10 heteroatoms. The van der Waals surface area contributed by atoms with Gasteiger partial charge in [0.1, 0.15) is 18.3 Å². The molecule has 0 radical (unpaired) electrons. The topological polar surface area (TPSA) is 132 Å². The van der Waals surface area contributed by atoms with Crippen LogP contribution >= 0.6 is 11.8 Å². The summed E-state index contributed by atoms with van der Waals surface area (Å²) in [5, 5.41) is 16.0. The van der Waals surface area contributed by atoms with Crippen molar-refractivity contribution in [1.82, 2.24) is 20.5 Å². The number of ketones is 1. The van der Waals surface area contributed by atoms with Crippen LogP contribution in [-0.4, -0.2) is 76.5 Å². The van der Waals surface area contributed by atoms with Gasteiger partial charge in [0.05, 0.1) is 6.04 Å². The molecule has 1 saturated carbocycles. The molecule has 5 rings (SSSR count). The Morgan fingerprint density at radius 1 is 1.25 bits per heavy atom. The highest BCUT2D eigenvalue weighted by Gasteiger charge is 2.50. The maximum absolute atomic E-state index is 13.7. The molecule has 9 nitrogen and oxygen atoms in total. The normalized spacial score (nSPS) is 26.2. The minimum absolute atomic E-state index is 0.0275. The van der Waals surface area contributed by atoms with Crippen molar-refractivity contribution in [2.24, 2.45) is 17.8 Å². The van der Waals surface area contributed by atoms with Crippen LogP contribution in [0.3, 0.4) is 0 Å². The highest BCUT2D eigenvalue weighted by molar-refractivity contribution is 7.98. The number of hydrogen-bond acceptors (Lipinski definition) is 6. The lowest BCUT2D eigenvalue weighted by atomic mass is 9.92. The Bertz CT molecular complexity index is 1200. The summed E-state index contributed by atoms with van der Waals surface area (Å²) >= 11 is 1.61. The first-order valence-corrected chi connectivity index (χ1v) is 13.8. The lowest BCUT2D eigenvalue weighted by Gasteiger charge is -2.29. The zero-order valence-electron chi connectivity index (χ0n) is 20.3. The number of amides is 3. The third-order valence-electron chi connectivity index (χ3n) is 8.04. The number of aromatic nitrogens is 1. The number of nitrogens with zero attached hydrogens (tertiary/aromatic N) is 1. The Morgan fingerprint density at radius 2 is 2.08 bits per heavy atom. The molecule has 1 aliphatic carbocycles. The van der Waals surface area contributed by atoms with Crippen molar-refractivity contribution >= 4 is 46.2 Å². The Kier molecular flexibility index (Phi) is 7.07. The van der Waals surface area contributed by atoms with Crippen LogP contribution in [0, 0.1) is 17.8 Å². The van der Waals surface area contributed by atoms with Crippen molar-refractivity contribution in [2.45, 2.75) is 49.1 Å². The molecule has 4 N–H and O–H groups in total. The van der Waals surface area contributed by atoms with E-state index in [-0.39, 0.29) is 41.9 Å². The van der Waals surface area contributed by atoms with E-state index in [0.717, 1.165) is 35.1 Å². The number of carbonyl (C=O) groups excluding carboxylic acids is 4. The number of benzene rings is 1. The molecule has 3 fully saturated rings. The first-order valence-electron chi connectivity index (χ1n) is 12.6. The lowest BCUT2D eigenvalue weighted by molar-refractivity contribution is -0.133. The monoisotopic (exact) mass is 512 g/mol. The number of Topliss-reactive ketones (excluding diaryl/α,β-unsaturated/α-hetero) is 1. The van der Waals surface area contributed by atoms with Gasteiger partial charge in [-0.3, -0.25) is 19.2 Å². The minimum atomic E-state index is -0.967. The molecule has 3 aliphatic rings. The lowest BCUT2D eigenvalue weighted by Crippen LogP contribution is -2.53. The number of rotatable bonds is 8. The number of hydrogen-bond donors (Lipinski definition) is 4. The summed E-state index contributed by atoms with van der Waals surface area (Å²) in [4.78, 5) is 57.9. The zero-order chi connectivity index (χ0) is 25.4. The summed E-state index contributed by atoms with van der Waals surface area (Å²) in [6, 6.07) is 6.07. The van der Waals surface area contributed by atoms with E-state index >= 15 is 0 Å². The van der Waals surface area contributed by atoms with Crippen molar-refractivity contribution in [3.05, 3.63) is 30.0 Å². The largest absolute Gasteiger partial charge is 0.389 e. The summed E-state index contributed by atoms with van der Waals surface area (Å²) in [6.45, 7) is 0.316. The first-order chi connectivity index (χ1) is 17.4. The van der Waals surface area contributed by atoms with Gasteiger partial charge in [-0.25, -0.2) is 0 Å². The van der Waals surface area contributed by atoms with Crippen LogP contribution in [0.2, 0.25) is 0 Å². The number of aromatic amines is 1. The Morgan fingerprint density at radius 3 is 2.81 bits per heavy atom. The average molecular weight is 513 g/mol. The van der Waals surface area contributed by atoms with Gasteiger partial charge in [0.15, 0.2) is 5.78 Å². The molecular formula is C26H32N4O5S. The second-order valence-electron chi connectivity index (χ2n) is 10.1. The van der Waals surface area contributed by atoms with E-state index < -0.39 is 24.5 Å². The number of nitrogens with one attached hydrogen (secondary N) is 3. The molecule has 0 spiro atoms. The Labute approximate surface area is 213 Å². The highest BCUT2D eigenvalue weighted by Crippen LogP contribution is 2.43. The van der Waals surface area contributed by atoms with Gasteiger partial charge in [0.25, 0.3) is 5.91 Å². The van der Waals surface area contributed by atoms with Gasteiger partial charge >= 0.3 is 0 Å². The molecular weight excluding hydrogens is 480 g/mol. The number of carbonyl (C=O) groups is 4. The molecule has 1 aromatic heterocycles. The molecule has 2 aliphatic heterocycles. The third-order valence-corrected chi connectivity index (χ3v) is 8.83. The van der Waals surface area contributed by atoms with Crippen LogP contribution in [-0.2, 0) is 14.4 Å². The van der Waals surface area contributed by atoms with Crippen molar-refractivity contribution < 1.29 is 24.3 Å². The molecule has 3 heterocycles. The van der Waals surface area contributed by atoms with Gasteiger partial charge in [-0.15, -0.1) is 11.8 Å². The molecule has 2 aromatic rings. The first kappa shape index (κ1) is 24.8. The van der Waals surface area contributed by atoms with Gasteiger partial charge < -0.3 is 25.6 Å². The van der Waals surface area contributed by atoms with Gasteiger partial charge in [-0.1, -0.05) is 12.5 Å². The molecule has 2 saturated heterocycles. The molecule has 36 heavy (non-hydrogen) atoms. The van der Waals surface area contributed by atoms with Gasteiger partial charge in [-0.05, 0) is 62.0 Å². The molecule has 192 valence electrons. The van der Waals surface area contributed by atoms with E-state index in [1.807, 2.05) is 30.5 Å². The van der Waals surface area contributed by atoms with Crippen LogP contribution in [0.25, 0.3) is 10.9 Å². The SMILES string of the molecule is CSc1cccc2[nH]c(C(=O)N3C[C@@H]4CCC[C@@H]4[C@H]3C(=O)N[C@@H](CC3CCNC3=O)C(=O)CO)cc12. The summed E-state index contributed by atoms with van der Waals surface area (Å²) < 4.78 is 0. The van der Waals surface area contributed by atoms with E-state index in [4.69, 9.17) is 0 Å². The van der Waals surface area contributed by atoms with Crippen molar-refractivity contribution in [3.8, 4) is 0 Å². The van der Waals surface area contributed by atoms with Gasteiger partial charge in [0.2, 0.25) is 11.8 Å². The van der Waals surface area contributed by atoms with Crippen LogP contribution in [0.1, 0.15) is 42.6 Å². The number of aliphatic hydroxyl groups excluding tert-OH is 1. The minimum Gasteiger partial charge on any atom is -0.389 e. The summed E-state index contributed by atoms with van der Waals surface area (Å²) in [5.74, 6) is -1.40. The fourth-order valence-electron chi connectivity index (χ4n) is 6.22. The predicted octanol–water partition coefficient (Wildman–Crippen LogP) is 1.70. The van der Waals surface area contributed by atoms with Crippen LogP contribution in [0.15, 0.2) is 29.2 Å². The fraction of sp³-hybridized carbons (Fsp3) is 0.538. The molecule has 3 amide bonds. The quantitative estimate of drug-likeness (QED) is 0.398. The molecule has 0 bridgehead atoms.